The zero-order valence-electron chi connectivity index (χ0n) is 22.0. The molecule has 1 aliphatic rings. The molecule has 240 valence electrons. The molecule has 1 aliphatic carbocycles. The molecular formula is C19H41O18P3. The van der Waals surface area contributed by atoms with Gasteiger partial charge in [-0.3, -0.25) is 13.6 Å². The molecule has 18 nitrogen and oxygen atoms in total. The molecule has 1 unspecified atom stereocenters. The van der Waals surface area contributed by atoms with Gasteiger partial charge in [0, 0.05) is 6.61 Å². The summed E-state index contributed by atoms with van der Waals surface area (Å²) in [5.41, 5.74) is -3.15. The standard InChI is InChI=1S/C19H41O18P3/c1-3-5-7-9-33-11-12(10-20)34-13(8-6-4-2)19(37-40(30,31)32)17(22)14(21)15(35-38(24,25)26)16(18(19)23)36-39(27,28)29/h12-18,20-23H,3-11H2,1-2H3,(H2,24,25,26)(H2,27,28,29)(H2,30,31,32)/t12-,13?,14+,15+,16-,17-,18-,19-/m0/s1. The highest BCUT2D eigenvalue weighted by Gasteiger charge is 2.68. The van der Waals surface area contributed by atoms with Crippen LogP contribution in [0.25, 0.3) is 0 Å². The molecule has 1 saturated carbocycles. The van der Waals surface area contributed by atoms with Gasteiger partial charge in [-0.25, -0.2) is 13.7 Å². The molecule has 0 radical (unpaired) electrons. The SMILES string of the molecule is CCCCCOC[C@H](CO)OC(CCCC)[C@]1(OP(=O)(O)O)[C@@H](O)[C@H](O)[C@@H](OP(=O)(O)O)[C@H](OP(=O)(O)O)[C@@H]1O. The summed E-state index contributed by atoms with van der Waals surface area (Å²) in [5.74, 6) is 0. The van der Waals surface area contributed by atoms with E-state index in [0.717, 1.165) is 12.8 Å². The summed E-state index contributed by atoms with van der Waals surface area (Å²) in [7, 11) is -17.0. The van der Waals surface area contributed by atoms with Crippen LogP contribution in [-0.2, 0) is 36.7 Å². The van der Waals surface area contributed by atoms with Gasteiger partial charge >= 0.3 is 23.5 Å². The Bertz CT molecular complexity index is 890. The molecule has 21 heteroatoms. The fourth-order valence-electron chi connectivity index (χ4n) is 4.39. The Morgan fingerprint density at radius 1 is 0.775 bits per heavy atom. The van der Waals surface area contributed by atoms with Crippen molar-refractivity contribution in [1.82, 2.24) is 0 Å². The number of phosphoric acid groups is 3. The molecule has 0 aromatic heterocycles. The Balaban J connectivity index is 3.67. The van der Waals surface area contributed by atoms with Gasteiger partial charge in [0.25, 0.3) is 0 Å². The number of ether oxygens (including phenoxy) is 2. The average molecular weight is 650 g/mol. The van der Waals surface area contributed by atoms with E-state index in [-0.39, 0.29) is 26.1 Å². The molecular weight excluding hydrogens is 609 g/mol. The molecule has 0 saturated heterocycles. The van der Waals surface area contributed by atoms with Gasteiger partial charge in [0.1, 0.15) is 36.6 Å². The molecule has 0 spiro atoms. The van der Waals surface area contributed by atoms with E-state index in [2.05, 4.69) is 9.05 Å². The Morgan fingerprint density at radius 2 is 1.32 bits per heavy atom. The van der Waals surface area contributed by atoms with Gasteiger partial charge in [-0.2, -0.15) is 0 Å². The van der Waals surface area contributed by atoms with Crippen molar-refractivity contribution in [1.29, 1.82) is 0 Å². The highest BCUT2D eigenvalue weighted by molar-refractivity contribution is 7.46. The molecule has 0 aliphatic heterocycles. The average Bonchev–Trinajstić information content (AvgIpc) is 2.82. The number of phosphoric ester groups is 3. The summed E-state index contributed by atoms with van der Waals surface area (Å²) in [5, 5.41) is 43.0. The van der Waals surface area contributed by atoms with Gasteiger partial charge in [-0.15, -0.1) is 0 Å². The molecule has 40 heavy (non-hydrogen) atoms. The number of unbranched alkanes of at least 4 members (excludes halogenated alkanes) is 3. The Labute approximate surface area is 230 Å². The molecule has 10 N–H and O–H groups in total. The minimum Gasteiger partial charge on any atom is -0.394 e. The fourth-order valence-corrected chi connectivity index (χ4v) is 6.25. The van der Waals surface area contributed by atoms with Crippen molar-refractivity contribution in [2.24, 2.45) is 0 Å². The first-order valence-corrected chi connectivity index (χ1v) is 17.0. The third-order valence-electron chi connectivity index (χ3n) is 6.09. The van der Waals surface area contributed by atoms with Gasteiger partial charge in [-0.1, -0.05) is 39.5 Å². The lowest BCUT2D eigenvalue weighted by atomic mass is 9.70. The lowest BCUT2D eigenvalue weighted by molar-refractivity contribution is -0.295. The minimum atomic E-state index is -5.76. The summed E-state index contributed by atoms with van der Waals surface area (Å²) in [6.45, 7) is 2.92. The smallest absolute Gasteiger partial charge is 0.394 e. The van der Waals surface area contributed by atoms with Crippen molar-refractivity contribution in [2.75, 3.05) is 19.8 Å². The Morgan fingerprint density at radius 3 is 1.80 bits per heavy atom. The second-order valence-electron chi connectivity index (χ2n) is 9.29. The molecule has 0 heterocycles. The van der Waals surface area contributed by atoms with Crippen LogP contribution in [0.2, 0.25) is 0 Å². The second kappa shape index (κ2) is 16.2. The maximum Gasteiger partial charge on any atom is 0.470 e. The fraction of sp³-hybridized carbons (Fsp3) is 1.00. The topological polar surface area (TPSA) is 300 Å². The van der Waals surface area contributed by atoms with Gasteiger partial charge in [0.2, 0.25) is 0 Å². The van der Waals surface area contributed by atoms with Crippen LogP contribution in [0.4, 0.5) is 0 Å². The summed E-state index contributed by atoms with van der Waals surface area (Å²) in [4.78, 5) is 56.7. The molecule has 0 amide bonds. The molecule has 0 aromatic carbocycles. The van der Waals surface area contributed by atoms with Crippen LogP contribution in [0.5, 0.6) is 0 Å². The van der Waals surface area contributed by atoms with Gasteiger partial charge in [0.15, 0.2) is 5.60 Å². The molecule has 1 rings (SSSR count). The normalized spacial score (nSPS) is 29.9. The van der Waals surface area contributed by atoms with Crippen LogP contribution < -0.4 is 0 Å². The highest BCUT2D eigenvalue weighted by atomic mass is 31.2. The number of hydrogen-bond donors (Lipinski definition) is 10. The van der Waals surface area contributed by atoms with E-state index in [4.69, 9.17) is 14.0 Å². The second-order valence-corrected chi connectivity index (χ2v) is 12.8. The predicted molar refractivity (Wildman–Crippen MR) is 133 cm³/mol. The van der Waals surface area contributed by atoms with E-state index >= 15 is 0 Å². The van der Waals surface area contributed by atoms with E-state index in [1.807, 2.05) is 6.92 Å². The lowest BCUT2D eigenvalue weighted by Gasteiger charge is -2.54. The van der Waals surface area contributed by atoms with E-state index in [1.54, 1.807) is 6.92 Å². The van der Waals surface area contributed by atoms with Crippen molar-refractivity contribution >= 4 is 23.5 Å². The number of hydrogen-bond acceptors (Lipinski definition) is 12. The largest absolute Gasteiger partial charge is 0.470 e. The Kier molecular flexibility index (Phi) is 15.5. The predicted octanol–water partition coefficient (Wildman–Crippen LogP) is -0.970. The maximum absolute atomic E-state index is 12.1. The third kappa shape index (κ3) is 11.6. The highest BCUT2D eigenvalue weighted by Crippen LogP contribution is 2.54. The van der Waals surface area contributed by atoms with Crippen molar-refractivity contribution in [2.45, 2.75) is 101 Å². The van der Waals surface area contributed by atoms with E-state index < -0.39 is 78.4 Å². The first-order chi connectivity index (χ1) is 18.3. The van der Waals surface area contributed by atoms with Crippen molar-refractivity contribution in [3.05, 3.63) is 0 Å². The maximum atomic E-state index is 12.1. The first-order valence-electron chi connectivity index (χ1n) is 12.4. The van der Waals surface area contributed by atoms with Crippen molar-refractivity contribution in [3.8, 4) is 0 Å². The van der Waals surface area contributed by atoms with E-state index in [1.165, 1.54) is 0 Å². The number of rotatable bonds is 19. The van der Waals surface area contributed by atoms with E-state index in [9.17, 15) is 63.5 Å². The lowest BCUT2D eigenvalue weighted by Crippen LogP contribution is -2.76. The van der Waals surface area contributed by atoms with Crippen LogP contribution >= 0.6 is 23.5 Å². The van der Waals surface area contributed by atoms with E-state index in [0.29, 0.717) is 12.8 Å². The quantitative estimate of drug-likeness (QED) is 0.0594. The molecule has 1 fully saturated rings. The Hall–Kier alpha value is 0.0900. The summed E-state index contributed by atoms with van der Waals surface area (Å²) in [6.07, 6.45) is -13.6. The zero-order valence-corrected chi connectivity index (χ0v) is 24.7. The van der Waals surface area contributed by atoms with Crippen molar-refractivity contribution < 1.29 is 86.5 Å². The first kappa shape index (κ1) is 38.1. The van der Waals surface area contributed by atoms with Gasteiger partial charge in [-0.05, 0) is 12.8 Å². The number of aliphatic hydroxyl groups is 4. The monoisotopic (exact) mass is 650 g/mol. The summed E-state index contributed by atoms with van der Waals surface area (Å²) < 4.78 is 60.2. The number of aliphatic hydroxyl groups excluding tert-OH is 4. The van der Waals surface area contributed by atoms with Gasteiger partial charge in [0.05, 0.1) is 19.3 Å². The molecule has 0 aromatic rings. The van der Waals surface area contributed by atoms with Crippen LogP contribution in [0.1, 0.15) is 52.4 Å². The summed E-state index contributed by atoms with van der Waals surface area (Å²) in [6, 6.07) is 0. The zero-order chi connectivity index (χ0) is 30.9. The minimum absolute atomic E-state index is 0.175. The van der Waals surface area contributed by atoms with Crippen LogP contribution in [0, 0.1) is 0 Å². The third-order valence-corrected chi connectivity index (χ3v) is 7.68. The van der Waals surface area contributed by atoms with Crippen LogP contribution in [0.15, 0.2) is 0 Å². The van der Waals surface area contributed by atoms with Crippen molar-refractivity contribution in [3.63, 3.8) is 0 Å². The molecule has 0 bridgehead atoms. The summed E-state index contributed by atoms with van der Waals surface area (Å²) >= 11 is 0. The molecule has 8 atom stereocenters. The van der Waals surface area contributed by atoms with Crippen LogP contribution in [-0.4, -0.2) is 118 Å². The van der Waals surface area contributed by atoms with Crippen LogP contribution in [0.3, 0.4) is 0 Å². The van der Waals surface area contributed by atoms with Gasteiger partial charge < -0.3 is 59.3 Å².